The molecule has 23 heavy (non-hydrogen) atoms. The van der Waals surface area contributed by atoms with E-state index in [1.54, 1.807) is 14.2 Å². The maximum absolute atomic E-state index is 5.47. The fourth-order valence-electron chi connectivity index (χ4n) is 3.02. The smallest absolute Gasteiger partial charge is 0.161 e. The van der Waals surface area contributed by atoms with Gasteiger partial charge in [-0.25, -0.2) is 0 Å². The summed E-state index contributed by atoms with van der Waals surface area (Å²) in [5.74, 6) is 1.53. The van der Waals surface area contributed by atoms with Crippen LogP contribution in [0, 0.1) is 0 Å². The van der Waals surface area contributed by atoms with Crippen LogP contribution < -0.4 is 9.47 Å². The normalized spacial score (nSPS) is 14.9. The molecule has 0 atom stereocenters. The molecule has 120 valence electrons. The Morgan fingerprint density at radius 3 is 2.26 bits per heavy atom. The van der Waals surface area contributed by atoms with Gasteiger partial charge in [-0.2, -0.15) is 0 Å². The minimum Gasteiger partial charge on any atom is -0.493 e. The molecule has 3 nitrogen and oxygen atoms in total. The highest BCUT2D eigenvalue weighted by Crippen LogP contribution is 2.33. The molecule has 0 unspecified atom stereocenters. The van der Waals surface area contributed by atoms with Crippen LogP contribution in [0.5, 0.6) is 11.5 Å². The fraction of sp³-hybridized carbons (Fsp3) is 0.300. The standard InChI is InChI=1S/C20H23NO2/c1-22-19-11-10-17(15-20(19)23-2)18(21-12-6-7-13-21)14-16-8-4-3-5-9-16/h3-5,8-11,14-15H,6-7,12-13H2,1-2H3/b18-14+. The zero-order valence-electron chi connectivity index (χ0n) is 13.8. The molecular weight excluding hydrogens is 286 g/mol. The van der Waals surface area contributed by atoms with E-state index in [1.807, 2.05) is 12.1 Å². The van der Waals surface area contributed by atoms with E-state index in [0.29, 0.717) is 0 Å². The molecule has 0 aliphatic carbocycles. The molecule has 1 aliphatic rings. The molecule has 0 saturated carbocycles. The van der Waals surface area contributed by atoms with Gasteiger partial charge < -0.3 is 14.4 Å². The predicted molar refractivity (Wildman–Crippen MR) is 94.7 cm³/mol. The lowest BCUT2D eigenvalue weighted by Crippen LogP contribution is -2.17. The van der Waals surface area contributed by atoms with Crippen molar-refractivity contribution in [3.63, 3.8) is 0 Å². The van der Waals surface area contributed by atoms with E-state index >= 15 is 0 Å². The average molecular weight is 309 g/mol. The average Bonchev–Trinajstić information content (AvgIpc) is 3.14. The van der Waals surface area contributed by atoms with Crippen LogP contribution in [0.25, 0.3) is 11.8 Å². The molecule has 0 N–H and O–H groups in total. The summed E-state index contributed by atoms with van der Waals surface area (Å²) in [6.07, 6.45) is 4.76. The second-order valence-corrected chi connectivity index (χ2v) is 5.70. The van der Waals surface area contributed by atoms with Crippen molar-refractivity contribution in [2.75, 3.05) is 27.3 Å². The quantitative estimate of drug-likeness (QED) is 0.769. The van der Waals surface area contributed by atoms with Crippen molar-refractivity contribution in [3.05, 3.63) is 59.7 Å². The summed E-state index contributed by atoms with van der Waals surface area (Å²) in [5, 5.41) is 0. The number of ether oxygens (including phenoxy) is 2. The number of hydrogen-bond acceptors (Lipinski definition) is 3. The van der Waals surface area contributed by atoms with Gasteiger partial charge in [-0.15, -0.1) is 0 Å². The molecule has 1 saturated heterocycles. The Kier molecular flexibility index (Phi) is 4.86. The highest BCUT2D eigenvalue weighted by molar-refractivity contribution is 5.81. The monoisotopic (exact) mass is 309 g/mol. The van der Waals surface area contributed by atoms with E-state index in [0.717, 1.165) is 30.2 Å². The summed E-state index contributed by atoms with van der Waals surface area (Å²) in [7, 11) is 3.34. The lowest BCUT2D eigenvalue weighted by Gasteiger charge is -2.23. The van der Waals surface area contributed by atoms with Crippen LogP contribution in [0.4, 0.5) is 0 Å². The van der Waals surface area contributed by atoms with Crippen molar-refractivity contribution in [2.45, 2.75) is 12.8 Å². The third kappa shape index (κ3) is 3.50. The summed E-state index contributed by atoms with van der Waals surface area (Å²) in [5.41, 5.74) is 3.62. The highest BCUT2D eigenvalue weighted by Gasteiger charge is 2.18. The molecule has 3 heteroatoms. The topological polar surface area (TPSA) is 21.7 Å². The zero-order chi connectivity index (χ0) is 16.1. The van der Waals surface area contributed by atoms with E-state index in [1.165, 1.54) is 24.1 Å². The molecule has 0 bridgehead atoms. The molecule has 1 fully saturated rings. The molecule has 0 radical (unpaired) electrons. The largest absolute Gasteiger partial charge is 0.493 e. The Morgan fingerprint density at radius 1 is 0.913 bits per heavy atom. The number of methoxy groups -OCH3 is 2. The maximum Gasteiger partial charge on any atom is 0.161 e. The molecular formula is C20H23NO2. The number of hydrogen-bond donors (Lipinski definition) is 0. The molecule has 1 heterocycles. The Hall–Kier alpha value is -2.42. The van der Waals surface area contributed by atoms with Gasteiger partial charge in [0, 0.05) is 24.4 Å². The van der Waals surface area contributed by atoms with Gasteiger partial charge >= 0.3 is 0 Å². The van der Waals surface area contributed by atoms with Gasteiger partial charge in [0.15, 0.2) is 11.5 Å². The van der Waals surface area contributed by atoms with Gasteiger partial charge in [-0.1, -0.05) is 30.3 Å². The van der Waals surface area contributed by atoms with Crippen molar-refractivity contribution in [1.29, 1.82) is 0 Å². The molecule has 2 aromatic rings. The van der Waals surface area contributed by atoms with Crippen molar-refractivity contribution < 1.29 is 9.47 Å². The maximum atomic E-state index is 5.47. The molecule has 0 aromatic heterocycles. The van der Waals surface area contributed by atoms with Crippen LogP contribution >= 0.6 is 0 Å². The summed E-state index contributed by atoms with van der Waals surface area (Å²) >= 11 is 0. The van der Waals surface area contributed by atoms with Gasteiger partial charge in [-0.3, -0.25) is 0 Å². The first-order valence-electron chi connectivity index (χ1n) is 8.06. The molecule has 2 aromatic carbocycles. The van der Waals surface area contributed by atoms with E-state index in [4.69, 9.17) is 9.47 Å². The predicted octanol–water partition coefficient (Wildman–Crippen LogP) is 4.30. The van der Waals surface area contributed by atoms with Gasteiger partial charge in [0.25, 0.3) is 0 Å². The Bertz CT molecular complexity index is 673. The van der Waals surface area contributed by atoms with Crippen molar-refractivity contribution in [3.8, 4) is 11.5 Å². The molecule has 0 spiro atoms. The Balaban J connectivity index is 2.03. The van der Waals surface area contributed by atoms with Crippen LogP contribution in [0.2, 0.25) is 0 Å². The SMILES string of the molecule is COc1ccc(/C(=C\c2ccccc2)N2CCCC2)cc1OC. The Morgan fingerprint density at radius 2 is 1.61 bits per heavy atom. The summed E-state index contributed by atoms with van der Waals surface area (Å²) < 4.78 is 10.8. The second-order valence-electron chi connectivity index (χ2n) is 5.70. The number of rotatable bonds is 5. The van der Waals surface area contributed by atoms with Crippen molar-refractivity contribution in [1.82, 2.24) is 4.90 Å². The van der Waals surface area contributed by atoms with Gasteiger partial charge in [0.1, 0.15) is 0 Å². The molecule has 3 rings (SSSR count). The van der Waals surface area contributed by atoms with Crippen molar-refractivity contribution >= 4 is 11.8 Å². The van der Waals surface area contributed by atoms with E-state index in [2.05, 4.69) is 47.4 Å². The van der Waals surface area contributed by atoms with Crippen LogP contribution in [0.1, 0.15) is 24.0 Å². The lowest BCUT2D eigenvalue weighted by atomic mass is 10.1. The van der Waals surface area contributed by atoms with Crippen LogP contribution in [-0.2, 0) is 0 Å². The van der Waals surface area contributed by atoms with E-state index < -0.39 is 0 Å². The van der Waals surface area contributed by atoms with Gasteiger partial charge in [0.05, 0.1) is 14.2 Å². The highest BCUT2D eigenvalue weighted by atomic mass is 16.5. The molecule has 1 aliphatic heterocycles. The first-order chi connectivity index (χ1) is 11.3. The number of benzene rings is 2. The number of likely N-dealkylation sites (tertiary alicyclic amines) is 1. The minimum atomic E-state index is 0.761. The van der Waals surface area contributed by atoms with E-state index in [-0.39, 0.29) is 0 Å². The number of nitrogens with zero attached hydrogens (tertiary/aromatic N) is 1. The first kappa shape index (κ1) is 15.5. The summed E-state index contributed by atoms with van der Waals surface area (Å²) in [6.45, 7) is 2.21. The minimum absolute atomic E-state index is 0.761. The van der Waals surface area contributed by atoms with Gasteiger partial charge in [0.2, 0.25) is 0 Å². The lowest BCUT2D eigenvalue weighted by molar-refractivity contribution is 0.354. The van der Waals surface area contributed by atoms with Gasteiger partial charge in [-0.05, 0) is 42.7 Å². The second kappa shape index (κ2) is 7.23. The third-order valence-corrected chi connectivity index (χ3v) is 4.23. The molecule has 0 amide bonds. The summed E-state index contributed by atoms with van der Waals surface area (Å²) in [4.78, 5) is 2.45. The summed E-state index contributed by atoms with van der Waals surface area (Å²) in [6, 6.07) is 16.6. The van der Waals surface area contributed by atoms with Crippen LogP contribution in [0.3, 0.4) is 0 Å². The van der Waals surface area contributed by atoms with Crippen LogP contribution in [-0.4, -0.2) is 32.2 Å². The Labute approximate surface area is 138 Å². The van der Waals surface area contributed by atoms with Crippen molar-refractivity contribution in [2.24, 2.45) is 0 Å². The first-order valence-corrected chi connectivity index (χ1v) is 8.06. The zero-order valence-corrected chi connectivity index (χ0v) is 13.8. The fourth-order valence-corrected chi connectivity index (χ4v) is 3.02. The van der Waals surface area contributed by atoms with E-state index in [9.17, 15) is 0 Å². The third-order valence-electron chi connectivity index (χ3n) is 4.23. The van der Waals surface area contributed by atoms with Crippen LogP contribution in [0.15, 0.2) is 48.5 Å².